The summed E-state index contributed by atoms with van der Waals surface area (Å²) in [6, 6.07) is 6.58. The molecule has 1 aromatic carbocycles. The molecule has 1 aromatic rings. The quantitative estimate of drug-likeness (QED) is 0.462. The maximum Gasteiger partial charge on any atom is 0.334 e. The van der Waals surface area contributed by atoms with E-state index in [2.05, 4.69) is 24.8 Å². The van der Waals surface area contributed by atoms with E-state index in [9.17, 15) is 4.79 Å². The smallest absolute Gasteiger partial charge is 0.334 e. The van der Waals surface area contributed by atoms with Gasteiger partial charge in [0.15, 0.2) is 0 Å². The van der Waals surface area contributed by atoms with Crippen molar-refractivity contribution in [2.75, 3.05) is 12.4 Å². The van der Waals surface area contributed by atoms with Gasteiger partial charge in [-0.1, -0.05) is 12.6 Å². The lowest BCUT2D eigenvalue weighted by molar-refractivity contribution is -0.138. The normalized spacial score (nSPS) is 13.2. The molecular weight excluding hydrogens is 244 g/mol. The fourth-order valence-electron chi connectivity index (χ4n) is 2.10. The van der Waals surface area contributed by atoms with Crippen molar-refractivity contribution in [2.45, 2.75) is 31.1 Å². The summed E-state index contributed by atoms with van der Waals surface area (Å²) < 4.78 is 4.91. The predicted octanol–water partition coefficient (Wildman–Crippen LogP) is 3.39. The minimum atomic E-state index is -0.286. The third-order valence-corrected chi connectivity index (χ3v) is 4.13. The zero-order chi connectivity index (χ0) is 13.0. The number of esters is 1. The molecule has 2 nitrogen and oxygen atoms in total. The summed E-state index contributed by atoms with van der Waals surface area (Å²) in [5.74, 6) is 0.309. The van der Waals surface area contributed by atoms with E-state index in [1.54, 1.807) is 18.7 Å². The fourth-order valence-corrected chi connectivity index (χ4v) is 2.95. The van der Waals surface area contributed by atoms with Crippen LogP contribution < -0.4 is 0 Å². The van der Waals surface area contributed by atoms with E-state index in [0.29, 0.717) is 17.9 Å². The van der Waals surface area contributed by atoms with Gasteiger partial charge in [0.2, 0.25) is 0 Å². The number of hydrogen-bond acceptors (Lipinski definition) is 3. The Kier molecular flexibility index (Phi) is 4.48. The molecule has 1 aliphatic carbocycles. The zero-order valence-corrected chi connectivity index (χ0v) is 11.5. The molecule has 0 atom stereocenters. The van der Waals surface area contributed by atoms with Gasteiger partial charge in [-0.15, -0.1) is 11.8 Å². The van der Waals surface area contributed by atoms with Crippen LogP contribution in [0.4, 0.5) is 0 Å². The molecule has 0 radical (unpaired) electrons. The molecular formula is C15H18O2S. The van der Waals surface area contributed by atoms with Crippen LogP contribution in [-0.4, -0.2) is 18.3 Å². The van der Waals surface area contributed by atoms with Gasteiger partial charge in [-0.2, -0.15) is 0 Å². The molecule has 0 heterocycles. The molecule has 0 spiro atoms. The first-order chi connectivity index (χ1) is 8.70. The van der Waals surface area contributed by atoms with Crippen LogP contribution in [0.5, 0.6) is 0 Å². The number of benzene rings is 1. The number of thioether (sulfide) groups is 1. The van der Waals surface area contributed by atoms with Crippen LogP contribution >= 0.6 is 11.8 Å². The molecule has 0 amide bonds. The Balaban J connectivity index is 1.90. The highest BCUT2D eigenvalue weighted by Crippen LogP contribution is 2.28. The molecule has 0 saturated heterocycles. The first-order valence-corrected chi connectivity index (χ1v) is 7.28. The first-order valence-electron chi connectivity index (χ1n) is 6.30. The van der Waals surface area contributed by atoms with Crippen LogP contribution in [0, 0.1) is 0 Å². The number of aryl methyl sites for hydroxylation is 2. The molecule has 0 unspecified atom stereocenters. The van der Waals surface area contributed by atoms with E-state index < -0.39 is 0 Å². The van der Waals surface area contributed by atoms with Gasteiger partial charge in [-0.25, -0.2) is 4.79 Å². The van der Waals surface area contributed by atoms with Crippen LogP contribution in [0.15, 0.2) is 35.2 Å². The highest BCUT2D eigenvalue weighted by Gasteiger charge is 2.12. The largest absolute Gasteiger partial charge is 0.463 e. The van der Waals surface area contributed by atoms with Crippen molar-refractivity contribution in [2.24, 2.45) is 0 Å². The van der Waals surface area contributed by atoms with E-state index >= 15 is 0 Å². The lowest BCUT2D eigenvalue weighted by Crippen LogP contribution is -2.08. The van der Waals surface area contributed by atoms with Crippen molar-refractivity contribution in [1.82, 2.24) is 0 Å². The van der Waals surface area contributed by atoms with Crippen LogP contribution in [0.25, 0.3) is 0 Å². The molecule has 2 rings (SSSR count). The summed E-state index contributed by atoms with van der Waals surface area (Å²) in [6.45, 7) is 5.97. The van der Waals surface area contributed by atoms with E-state index in [0.717, 1.165) is 0 Å². The fraction of sp³-hybridized carbons (Fsp3) is 0.400. The molecule has 96 valence electrons. The predicted molar refractivity (Wildman–Crippen MR) is 75.0 cm³/mol. The van der Waals surface area contributed by atoms with Gasteiger partial charge in [0.1, 0.15) is 0 Å². The number of fused-ring (bicyclic) bond motifs is 1. The summed E-state index contributed by atoms with van der Waals surface area (Å²) in [4.78, 5) is 12.6. The number of carbonyl (C=O) groups excluding carboxylic acids is 1. The molecule has 0 N–H and O–H groups in total. The van der Waals surface area contributed by atoms with Gasteiger partial charge in [0.25, 0.3) is 0 Å². The molecule has 0 aromatic heterocycles. The van der Waals surface area contributed by atoms with Crippen molar-refractivity contribution >= 4 is 17.7 Å². The van der Waals surface area contributed by atoms with E-state index in [4.69, 9.17) is 4.74 Å². The summed E-state index contributed by atoms with van der Waals surface area (Å²) >= 11 is 1.65. The highest BCUT2D eigenvalue weighted by atomic mass is 32.2. The average molecular weight is 262 g/mol. The Bertz CT molecular complexity index is 466. The standard InChI is InChI=1S/C15H18O2S/c1-3-17-15(16)11(2)10-18-14-8-7-12-5-4-6-13(12)9-14/h7-9H,2-6,10H2,1H3. The minimum Gasteiger partial charge on any atom is -0.463 e. The minimum absolute atomic E-state index is 0.286. The van der Waals surface area contributed by atoms with E-state index in [1.807, 2.05) is 0 Å². The van der Waals surface area contributed by atoms with Crippen molar-refractivity contribution < 1.29 is 9.53 Å². The second kappa shape index (κ2) is 6.10. The van der Waals surface area contributed by atoms with Gasteiger partial charge in [-0.05, 0) is 49.4 Å². The second-order valence-electron chi connectivity index (χ2n) is 4.40. The summed E-state index contributed by atoms with van der Waals surface area (Å²) in [7, 11) is 0. The van der Waals surface area contributed by atoms with E-state index in [-0.39, 0.29) is 5.97 Å². The van der Waals surface area contributed by atoms with Crippen molar-refractivity contribution in [1.29, 1.82) is 0 Å². The molecule has 0 aliphatic heterocycles. The molecule has 0 saturated carbocycles. The summed E-state index contributed by atoms with van der Waals surface area (Å²) in [5.41, 5.74) is 3.47. The number of rotatable bonds is 5. The maximum atomic E-state index is 11.4. The number of hydrogen-bond donors (Lipinski definition) is 0. The Labute approximate surface area is 112 Å². The highest BCUT2D eigenvalue weighted by molar-refractivity contribution is 7.99. The molecule has 1 aliphatic rings. The summed E-state index contributed by atoms with van der Waals surface area (Å²) in [6.07, 6.45) is 3.65. The molecule has 3 heteroatoms. The SMILES string of the molecule is C=C(CSc1ccc2c(c1)CCC2)C(=O)OCC. The topological polar surface area (TPSA) is 26.3 Å². The third kappa shape index (κ3) is 3.16. The maximum absolute atomic E-state index is 11.4. The van der Waals surface area contributed by atoms with Gasteiger partial charge >= 0.3 is 5.97 Å². The lowest BCUT2D eigenvalue weighted by atomic mass is 10.1. The van der Waals surface area contributed by atoms with Crippen LogP contribution in [0.2, 0.25) is 0 Å². The Morgan fingerprint density at radius 3 is 2.94 bits per heavy atom. The lowest BCUT2D eigenvalue weighted by Gasteiger charge is -2.06. The van der Waals surface area contributed by atoms with Crippen LogP contribution in [-0.2, 0) is 22.4 Å². The Morgan fingerprint density at radius 1 is 1.39 bits per heavy atom. The monoisotopic (exact) mass is 262 g/mol. The third-order valence-electron chi connectivity index (χ3n) is 3.05. The Hall–Kier alpha value is -1.22. The van der Waals surface area contributed by atoms with Gasteiger partial charge in [0.05, 0.1) is 6.61 Å². The number of carbonyl (C=O) groups is 1. The summed E-state index contributed by atoms with van der Waals surface area (Å²) in [5, 5.41) is 0. The van der Waals surface area contributed by atoms with Gasteiger partial charge in [-0.3, -0.25) is 0 Å². The average Bonchev–Trinajstić information content (AvgIpc) is 2.83. The van der Waals surface area contributed by atoms with Crippen LogP contribution in [0.1, 0.15) is 24.5 Å². The van der Waals surface area contributed by atoms with Gasteiger partial charge in [0, 0.05) is 16.2 Å². The van der Waals surface area contributed by atoms with Crippen molar-refractivity contribution in [3.8, 4) is 0 Å². The van der Waals surface area contributed by atoms with Crippen LogP contribution in [0.3, 0.4) is 0 Å². The van der Waals surface area contributed by atoms with Crippen molar-refractivity contribution in [3.05, 3.63) is 41.5 Å². The van der Waals surface area contributed by atoms with E-state index in [1.165, 1.54) is 35.3 Å². The first kappa shape index (κ1) is 13.2. The zero-order valence-electron chi connectivity index (χ0n) is 10.7. The molecule has 18 heavy (non-hydrogen) atoms. The van der Waals surface area contributed by atoms with Gasteiger partial charge < -0.3 is 4.74 Å². The van der Waals surface area contributed by atoms with Crippen molar-refractivity contribution in [3.63, 3.8) is 0 Å². The molecule has 0 fully saturated rings. The molecule has 0 bridgehead atoms. The number of ether oxygens (including phenoxy) is 1. The second-order valence-corrected chi connectivity index (χ2v) is 5.45. The Morgan fingerprint density at radius 2 is 2.17 bits per heavy atom.